The molecule has 9 nitrogen and oxygen atoms in total. The van der Waals surface area contributed by atoms with E-state index >= 15 is 0 Å². The van der Waals surface area contributed by atoms with Gasteiger partial charge in [0.15, 0.2) is 0 Å². The van der Waals surface area contributed by atoms with Crippen molar-refractivity contribution in [1.29, 1.82) is 0 Å². The first kappa shape index (κ1) is 290. The third-order valence-corrected chi connectivity index (χ3v) is 0. The van der Waals surface area contributed by atoms with Crippen LogP contribution in [0.25, 0.3) is 0 Å². The minimum atomic E-state index is 0. The van der Waals surface area contributed by atoms with Crippen molar-refractivity contribution in [2.24, 2.45) is 0 Å². The first-order valence-electron chi connectivity index (χ1n) is 0. The van der Waals surface area contributed by atoms with E-state index < -0.39 is 0 Å². The molecular weight excluding hydrogens is 835 g/mol. The van der Waals surface area contributed by atoms with Gasteiger partial charge in [-0.1, -0.05) is 0 Å². The predicted octanol–water partition coefficient (Wildman–Crippen LogP) is -8.57. The van der Waals surface area contributed by atoms with Gasteiger partial charge in [-0.25, -0.2) is 0 Å². The molecule has 0 fully saturated rings. The van der Waals surface area contributed by atoms with E-state index in [1.807, 2.05) is 0 Å². The molecule has 14 heteroatoms. The summed E-state index contributed by atoms with van der Waals surface area (Å²) >= 11 is 0. The van der Waals surface area contributed by atoms with Crippen molar-refractivity contribution >= 4 is 97.9 Å². The molecule has 0 aromatic carbocycles. The van der Waals surface area contributed by atoms with E-state index in [0.717, 1.165) is 0 Å². The molecule has 0 saturated carbocycles. The first-order chi connectivity index (χ1) is 0. The van der Waals surface area contributed by atoms with Crippen LogP contribution in [0.4, 0.5) is 0 Å². The molecule has 0 saturated heterocycles. The normalized spacial score (nSPS) is 0. The second-order valence-corrected chi connectivity index (χ2v) is 0. The van der Waals surface area contributed by atoms with Gasteiger partial charge in [-0.2, -0.15) is 0 Å². The Bertz CT molecular complexity index is 20.8. The molecular formula is H18Bi2Nb2O9Sr. The Morgan fingerprint density at radius 3 is 0.286 bits per heavy atom. The topological polar surface area (TPSA) is 284 Å². The van der Waals surface area contributed by atoms with E-state index in [-0.39, 0.29) is 192 Å². The van der Waals surface area contributed by atoms with E-state index in [1.165, 1.54) is 0 Å². The third-order valence-electron chi connectivity index (χ3n) is 0. The van der Waals surface area contributed by atoms with Crippen LogP contribution >= 0.6 is 0 Å². The summed E-state index contributed by atoms with van der Waals surface area (Å²) in [7, 11) is 0. The van der Waals surface area contributed by atoms with Gasteiger partial charge >= 0.3 is 0 Å². The van der Waals surface area contributed by atoms with Gasteiger partial charge in [0.05, 0.1) is 0 Å². The molecule has 0 spiro atoms. The Morgan fingerprint density at radius 1 is 0.286 bits per heavy atom. The van der Waals surface area contributed by atoms with Crippen molar-refractivity contribution in [3.05, 3.63) is 0 Å². The van der Waals surface area contributed by atoms with Gasteiger partial charge in [0, 0.05) is 143 Å². The summed E-state index contributed by atoms with van der Waals surface area (Å²) in [5.74, 6) is 0. The Morgan fingerprint density at radius 2 is 0.286 bits per heavy atom. The summed E-state index contributed by atoms with van der Waals surface area (Å²) in [5, 5.41) is 0. The van der Waals surface area contributed by atoms with E-state index in [0.29, 0.717) is 0 Å². The molecule has 0 aromatic rings. The molecule has 0 aliphatic rings. The van der Waals surface area contributed by atoms with Gasteiger partial charge in [0.1, 0.15) is 0 Å². The molecule has 10 radical (unpaired) electrons. The van der Waals surface area contributed by atoms with Crippen LogP contribution in [0, 0.1) is 0 Å². The maximum atomic E-state index is 0. The second-order valence-electron chi connectivity index (χ2n) is 0. The fourth-order valence-electron chi connectivity index (χ4n) is 0. The molecule has 0 heterocycles. The van der Waals surface area contributed by atoms with Crippen LogP contribution in [-0.2, 0) is 44.8 Å². The largest absolute Gasteiger partial charge is 0.412 e. The van der Waals surface area contributed by atoms with E-state index in [9.17, 15) is 0 Å². The second kappa shape index (κ2) is 244. The fraction of sp³-hybridized carbons (Fsp3) is 0. The zero-order valence-corrected chi connectivity index (χ0v) is 21.8. The Kier molecular flexibility index (Phi) is 5060. The number of hydrogen-bond acceptors (Lipinski definition) is 0. The van der Waals surface area contributed by atoms with Crippen LogP contribution in [0.3, 0.4) is 0 Å². The summed E-state index contributed by atoms with van der Waals surface area (Å²) in [6.45, 7) is 0. The fourth-order valence-corrected chi connectivity index (χ4v) is 0. The molecule has 18 N–H and O–H groups in total. The molecule has 0 amide bonds. The van der Waals surface area contributed by atoms with Crippen LogP contribution in [-0.4, -0.2) is 147 Å². The molecule has 0 aromatic heterocycles. The van der Waals surface area contributed by atoms with Crippen molar-refractivity contribution < 1.29 is 94.0 Å². The molecule has 0 aliphatic heterocycles. The first-order valence-corrected chi connectivity index (χ1v) is 0. The van der Waals surface area contributed by atoms with Gasteiger partial charge in [0.2, 0.25) is 0 Å². The molecule has 0 aliphatic carbocycles. The van der Waals surface area contributed by atoms with Crippen molar-refractivity contribution in [3.63, 3.8) is 0 Å². The molecule has 14 heavy (non-hydrogen) atoms. The molecule has 94 valence electrons. The summed E-state index contributed by atoms with van der Waals surface area (Å²) in [5.41, 5.74) is 0. The predicted molar refractivity (Wildman–Crippen MR) is 49.8 cm³/mol. The minimum absolute atomic E-state index is 0. The monoisotopic (exact) mass is 854 g/mol. The van der Waals surface area contributed by atoms with Gasteiger partial charge < -0.3 is 49.3 Å². The number of hydrogen-bond donors (Lipinski definition) is 0. The Balaban J connectivity index is 0. The summed E-state index contributed by atoms with van der Waals surface area (Å²) in [6, 6.07) is 0. The van der Waals surface area contributed by atoms with Crippen LogP contribution in [0.1, 0.15) is 0 Å². The van der Waals surface area contributed by atoms with Gasteiger partial charge in [-0.15, -0.1) is 0 Å². The Labute approximate surface area is 188 Å². The van der Waals surface area contributed by atoms with Gasteiger partial charge in [-0.05, 0) is 0 Å². The maximum Gasteiger partial charge on any atom is 0 e. The van der Waals surface area contributed by atoms with Crippen LogP contribution in [0.2, 0.25) is 0 Å². The quantitative estimate of drug-likeness (QED) is 0.205. The SMILES string of the molecule is O.O.O.O.O.O.O.O.O.[Bi].[Bi].[Nb].[Nb].[Sr]. The average molecular weight is 854 g/mol. The van der Waals surface area contributed by atoms with E-state index in [4.69, 9.17) is 0 Å². The molecule has 0 atom stereocenters. The summed E-state index contributed by atoms with van der Waals surface area (Å²) in [6.07, 6.45) is 0. The molecule has 0 unspecified atom stereocenters. The van der Waals surface area contributed by atoms with E-state index in [2.05, 4.69) is 0 Å². The zero-order valence-electron chi connectivity index (χ0n) is 7.00. The van der Waals surface area contributed by atoms with Crippen molar-refractivity contribution in [2.45, 2.75) is 0 Å². The third kappa shape index (κ3) is 203. The van der Waals surface area contributed by atoms with Crippen LogP contribution < -0.4 is 0 Å². The van der Waals surface area contributed by atoms with Gasteiger partial charge in [0.25, 0.3) is 0 Å². The Hall–Kier alpha value is 4.37. The van der Waals surface area contributed by atoms with Crippen molar-refractivity contribution in [1.82, 2.24) is 0 Å². The van der Waals surface area contributed by atoms with Crippen LogP contribution in [0.5, 0.6) is 0 Å². The molecule has 0 bridgehead atoms. The summed E-state index contributed by atoms with van der Waals surface area (Å²) in [4.78, 5) is 0. The average Bonchev–Trinajstić information content (AvgIpc) is 0. The minimum Gasteiger partial charge on any atom is -0.412 e. The number of rotatable bonds is 0. The maximum absolute atomic E-state index is 0. The van der Waals surface area contributed by atoms with Crippen LogP contribution in [0.15, 0.2) is 0 Å². The zero-order chi connectivity index (χ0) is 0. The smallest absolute Gasteiger partial charge is 0 e. The van der Waals surface area contributed by atoms with Crippen molar-refractivity contribution in [2.75, 3.05) is 0 Å². The summed E-state index contributed by atoms with van der Waals surface area (Å²) < 4.78 is 0. The van der Waals surface area contributed by atoms with E-state index in [1.54, 1.807) is 0 Å². The standard InChI is InChI=1S/2Bi.2Nb.9H2O.Sr/h;;;;9*1H2;. The van der Waals surface area contributed by atoms with Gasteiger partial charge in [-0.3, -0.25) is 0 Å². The molecule has 0 rings (SSSR count). The van der Waals surface area contributed by atoms with Crippen molar-refractivity contribution in [3.8, 4) is 0 Å².